The predicted molar refractivity (Wildman–Crippen MR) is 285 cm³/mol. The van der Waals surface area contributed by atoms with E-state index in [0.717, 1.165) is 66.8 Å². The van der Waals surface area contributed by atoms with Gasteiger partial charge < -0.3 is 0 Å². The first kappa shape index (κ1) is 40.2. The zero-order valence-electron chi connectivity index (χ0n) is 37.7. The van der Waals surface area contributed by atoms with E-state index in [-0.39, 0.29) is 0 Å². The molecular formula is C66H43N3. The normalized spacial score (nSPS) is 12.5. The van der Waals surface area contributed by atoms with E-state index >= 15 is 0 Å². The predicted octanol–water partition coefficient (Wildman–Crippen LogP) is 16.5. The van der Waals surface area contributed by atoms with Gasteiger partial charge in [0.25, 0.3) is 0 Å². The number of hydrogen-bond donors (Lipinski definition) is 0. The van der Waals surface area contributed by atoms with Crippen molar-refractivity contribution in [3.05, 3.63) is 283 Å². The number of benzene rings is 10. The van der Waals surface area contributed by atoms with Crippen LogP contribution in [-0.2, 0) is 5.41 Å². The maximum atomic E-state index is 5.45. The van der Waals surface area contributed by atoms with Crippen molar-refractivity contribution in [1.82, 2.24) is 15.0 Å². The van der Waals surface area contributed by atoms with Crippen molar-refractivity contribution in [2.45, 2.75) is 5.41 Å². The van der Waals surface area contributed by atoms with Crippen molar-refractivity contribution in [1.29, 1.82) is 0 Å². The van der Waals surface area contributed by atoms with Crippen LogP contribution >= 0.6 is 0 Å². The Morgan fingerprint density at radius 2 is 0.710 bits per heavy atom. The average Bonchev–Trinajstić information content (AvgIpc) is 3.73. The molecule has 0 amide bonds. The van der Waals surface area contributed by atoms with Crippen molar-refractivity contribution in [2.75, 3.05) is 0 Å². The van der Waals surface area contributed by atoms with Crippen LogP contribution in [-0.4, -0.2) is 15.0 Å². The Hall–Kier alpha value is -9.05. The van der Waals surface area contributed by atoms with Crippen molar-refractivity contribution in [3.8, 4) is 78.5 Å². The second-order valence-electron chi connectivity index (χ2n) is 17.9. The molecule has 3 nitrogen and oxygen atoms in total. The minimum Gasteiger partial charge on any atom is -0.247 e. The summed E-state index contributed by atoms with van der Waals surface area (Å²) in [6.45, 7) is 0. The zero-order chi connectivity index (χ0) is 45.7. The molecule has 0 saturated heterocycles. The Bertz CT molecular complexity index is 3790. The Kier molecular flexibility index (Phi) is 9.73. The minimum absolute atomic E-state index is 0.509. The minimum atomic E-state index is -0.509. The Balaban J connectivity index is 0.891. The second kappa shape index (κ2) is 16.7. The summed E-state index contributed by atoms with van der Waals surface area (Å²) in [5.74, 6) is 0.688. The summed E-state index contributed by atoms with van der Waals surface area (Å²) in [5, 5.41) is 3.49. The van der Waals surface area contributed by atoms with Crippen molar-refractivity contribution < 1.29 is 0 Å². The standard InChI is InChI=1S/C66H43N3/c1-5-17-44(18-6-1)45-29-35-49(36-30-45)63-43-62(48-19-7-2-8-20-48)68-65(69-63)51-39-33-47(34-40-51)46-31-37-50(38-32-46)64-58-42-60-57(41-56(58)55-26-14-16-28-61(55)67-64)54-25-13-15-27-59(54)66(60,52-21-9-3-10-22-52)53-23-11-4-12-24-53/h1-43H. The Labute approximate surface area is 401 Å². The summed E-state index contributed by atoms with van der Waals surface area (Å²) in [7, 11) is 0. The van der Waals surface area contributed by atoms with Crippen molar-refractivity contribution >= 4 is 21.7 Å². The van der Waals surface area contributed by atoms with Gasteiger partial charge in [-0.15, -0.1) is 0 Å². The van der Waals surface area contributed by atoms with Crippen molar-refractivity contribution in [3.63, 3.8) is 0 Å². The highest BCUT2D eigenvalue weighted by atomic mass is 14.9. The third-order valence-corrected chi connectivity index (χ3v) is 14.0. The van der Waals surface area contributed by atoms with E-state index in [1.807, 2.05) is 12.1 Å². The van der Waals surface area contributed by atoms with Gasteiger partial charge in [0.1, 0.15) is 0 Å². The van der Waals surface area contributed by atoms with Gasteiger partial charge >= 0.3 is 0 Å². The lowest BCUT2D eigenvalue weighted by molar-refractivity contribution is 0.769. The van der Waals surface area contributed by atoms with E-state index < -0.39 is 5.41 Å². The third-order valence-electron chi connectivity index (χ3n) is 14.0. The molecule has 0 spiro atoms. The molecule has 1 aliphatic rings. The summed E-state index contributed by atoms with van der Waals surface area (Å²) in [6.07, 6.45) is 0. The van der Waals surface area contributed by atoms with Crippen molar-refractivity contribution in [2.24, 2.45) is 0 Å². The molecular weight excluding hydrogens is 835 g/mol. The lowest BCUT2D eigenvalue weighted by Crippen LogP contribution is -2.28. The van der Waals surface area contributed by atoms with Gasteiger partial charge in [-0.3, -0.25) is 0 Å². The largest absolute Gasteiger partial charge is 0.247 e. The molecule has 2 heterocycles. The van der Waals surface area contributed by atoms with Crippen LogP contribution < -0.4 is 0 Å². The SMILES string of the molecule is c1ccc(-c2ccc(-c3cc(-c4ccccc4)nc(-c4ccc(-c5ccc(-c6nc7ccccc7c7cc8c(cc67)C(c6ccccc6)(c6ccccc6)c6ccccc6-8)cc5)cc4)n3)cc2)cc1. The van der Waals surface area contributed by atoms with Gasteiger partial charge in [-0.25, -0.2) is 15.0 Å². The number of nitrogens with zero attached hydrogens (tertiary/aromatic N) is 3. The summed E-state index contributed by atoms with van der Waals surface area (Å²) in [5.41, 5.74) is 19.5. The first-order valence-electron chi connectivity index (χ1n) is 23.6. The second-order valence-corrected chi connectivity index (χ2v) is 17.9. The summed E-state index contributed by atoms with van der Waals surface area (Å²) in [6, 6.07) is 93.5. The number of rotatable bonds is 8. The van der Waals surface area contributed by atoms with Crippen LogP contribution in [0.15, 0.2) is 261 Å². The van der Waals surface area contributed by atoms with Crippen LogP contribution in [0.5, 0.6) is 0 Å². The fraction of sp³-hybridized carbons (Fsp3) is 0.0152. The third kappa shape index (κ3) is 6.86. The molecule has 10 aromatic carbocycles. The molecule has 0 saturated carbocycles. The highest BCUT2D eigenvalue weighted by molar-refractivity contribution is 6.13. The van der Waals surface area contributed by atoms with E-state index in [2.05, 4.69) is 249 Å². The number of pyridine rings is 1. The van der Waals surface area contributed by atoms with E-state index in [0.29, 0.717) is 5.82 Å². The molecule has 69 heavy (non-hydrogen) atoms. The summed E-state index contributed by atoms with van der Waals surface area (Å²) >= 11 is 0. The number of fused-ring (bicyclic) bond motifs is 6. The smallest absolute Gasteiger partial charge is 0.160 e. The molecule has 0 aliphatic heterocycles. The van der Waals surface area contributed by atoms with E-state index in [4.69, 9.17) is 15.0 Å². The Morgan fingerprint density at radius 1 is 0.261 bits per heavy atom. The van der Waals surface area contributed by atoms with Crippen LogP contribution in [0.3, 0.4) is 0 Å². The van der Waals surface area contributed by atoms with Crippen LogP contribution in [0.25, 0.3) is 100 Å². The van der Waals surface area contributed by atoms with E-state index in [1.165, 1.54) is 49.9 Å². The molecule has 2 aromatic heterocycles. The lowest BCUT2D eigenvalue weighted by Gasteiger charge is -2.34. The fourth-order valence-electron chi connectivity index (χ4n) is 10.7. The van der Waals surface area contributed by atoms with Gasteiger partial charge in [0.05, 0.1) is 28.0 Å². The highest BCUT2D eigenvalue weighted by Gasteiger charge is 2.46. The quantitative estimate of drug-likeness (QED) is 0.143. The van der Waals surface area contributed by atoms with Gasteiger partial charge in [-0.05, 0) is 85.3 Å². The molecule has 0 radical (unpaired) electrons. The molecule has 0 bridgehead atoms. The zero-order valence-corrected chi connectivity index (χ0v) is 37.7. The van der Waals surface area contributed by atoms with Crippen LogP contribution in [0.2, 0.25) is 0 Å². The van der Waals surface area contributed by atoms with Crippen LogP contribution in [0.1, 0.15) is 22.3 Å². The molecule has 3 heteroatoms. The molecule has 12 aromatic rings. The van der Waals surface area contributed by atoms with Gasteiger partial charge in [0.2, 0.25) is 0 Å². The first-order valence-corrected chi connectivity index (χ1v) is 23.6. The van der Waals surface area contributed by atoms with E-state index in [1.54, 1.807) is 0 Å². The molecule has 1 aliphatic carbocycles. The van der Waals surface area contributed by atoms with Gasteiger partial charge in [-0.2, -0.15) is 0 Å². The maximum absolute atomic E-state index is 5.45. The molecule has 0 unspecified atom stereocenters. The molecule has 322 valence electrons. The summed E-state index contributed by atoms with van der Waals surface area (Å²) in [4.78, 5) is 15.7. The maximum Gasteiger partial charge on any atom is 0.160 e. The number of para-hydroxylation sites is 1. The van der Waals surface area contributed by atoms with Crippen LogP contribution in [0, 0.1) is 0 Å². The number of aromatic nitrogens is 3. The van der Waals surface area contributed by atoms with Gasteiger partial charge in [-0.1, -0.05) is 237 Å². The first-order chi connectivity index (χ1) is 34.2. The monoisotopic (exact) mass is 877 g/mol. The molecule has 13 rings (SSSR count). The van der Waals surface area contributed by atoms with Crippen LogP contribution in [0.4, 0.5) is 0 Å². The average molecular weight is 878 g/mol. The Morgan fingerprint density at radius 3 is 1.32 bits per heavy atom. The molecule has 0 N–H and O–H groups in total. The highest BCUT2D eigenvalue weighted by Crippen LogP contribution is 2.57. The number of hydrogen-bond acceptors (Lipinski definition) is 3. The van der Waals surface area contributed by atoms with Gasteiger partial charge in [0.15, 0.2) is 5.82 Å². The topological polar surface area (TPSA) is 38.7 Å². The fourth-order valence-corrected chi connectivity index (χ4v) is 10.7. The van der Waals surface area contributed by atoms with Gasteiger partial charge in [0, 0.05) is 33.0 Å². The molecule has 0 atom stereocenters. The molecule has 0 fully saturated rings. The summed E-state index contributed by atoms with van der Waals surface area (Å²) < 4.78 is 0. The lowest BCUT2D eigenvalue weighted by atomic mass is 9.67. The van der Waals surface area contributed by atoms with E-state index in [9.17, 15) is 0 Å².